The Morgan fingerprint density at radius 2 is 1.57 bits per heavy atom. The number of hydrogen-bond donors (Lipinski definition) is 2. The van der Waals surface area contributed by atoms with Crippen molar-refractivity contribution in [2.24, 2.45) is 0 Å². The van der Waals surface area contributed by atoms with E-state index in [-0.39, 0.29) is 12.5 Å². The largest absolute Gasteiger partial charge is 0.452 e. The molecular formula is C26H28N4O5. The summed E-state index contributed by atoms with van der Waals surface area (Å²) in [5.74, 6) is -0.355. The molecule has 3 aromatic rings. The van der Waals surface area contributed by atoms with Gasteiger partial charge in [-0.1, -0.05) is 24.3 Å². The van der Waals surface area contributed by atoms with E-state index in [1.165, 1.54) is 12.0 Å². The molecule has 0 aliphatic rings. The lowest BCUT2D eigenvalue weighted by Gasteiger charge is -2.21. The minimum atomic E-state index is -0.648. The minimum Gasteiger partial charge on any atom is -0.452 e. The standard InChI is InChI=1S/C26H28N4O5/c1-26(2,3)35-24(32)29-22-10-6-5-9-21(22)28-23(31)19-13-11-18(12-14-19)17-30(25(33)34-4)20-8-7-15-27-16-20/h5-16H,17H2,1-4H3,(H,28,31)(H,29,32). The van der Waals surface area contributed by atoms with E-state index in [0.717, 1.165) is 5.56 Å². The molecule has 2 N–H and O–H groups in total. The molecular weight excluding hydrogens is 448 g/mol. The van der Waals surface area contributed by atoms with Gasteiger partial charge in [0.25, 0.3) is 5.91 Å². The third kappa shape index (κ3) is 7.29. The zero-order valence-electron chi connectivity index (χ0n) is 20.1. The molecule has 9 nitrogen and oxygen atoms in total. The average Bonchev–Trinajstić information content (AvgIpc) is 2.83. The van der Waals surface area contributed by atoms with Crippen molar-refractivity contribution in [1.82, 2.24) is 4.98 Å². The van der Waals surface area contributed by atoms with Gasteiger partial charge in [-0.05, 0) is 62.7 Å². The Balaban J connectivity index is 1.70. The number of methoxy groups -OCH3 is 1. The summed E-state index contributed by atoms with van der Waals surface area (Å²) in [7, 11) is 1.31. The highest BCUT2D eigenvalue weighted by molar-refractivity contribution is 6.06. The number of para-hydroxylation sites is 2. The maximum absolute atomic E-state index is 12.8. The van der Waals surface area contributed by atoms with Crippen LogP contribution in [0.15, 0.2) is 73.1 Å². The number of aromatic nitrogens is 1. The molecule has 1 heterocycles. The van der Waals surface area contributed by atoms with Crippen LogP contribution in [0.4, 0.5) is 26.7 Å². The summed E-state index contributed by atoms with van der Waals surface area (Å²) in [5, 5.41) is 5.46. The Kier molecular flexibility index (Phi) is 8.04. The topological polar surface area (TPSA) is 110 Å². The van der Waals surface area contributed by atoms with E-state index in [1.54, 1.807) is 93.8 Å². The third-order valence-corrected chi connectivity index (χ3v) is 4.72. The van der Waals surface area contributed by atoms with E-state index in [1.807, 2.05) is 0 Å². The maximum Gasteiger partial charge on any atom is 0.414 e. The summed E-state index contributed by atoms with van der Waals surface area (Å²) in [6.45, 7) is 5.55. The molecule has 9 heteroatoms. The Morgan fingerprint density at radius 1 is 0.914 bits per heavy atom. The van der Waals surface area contributed by atoms with Crippen molar-refractivity contribution in [1.29, 1.82) is 0 Å². The van der Waals surface area contributed by atoms with E-state index < -0.39 is 17.8 Å². The van der Waals surface area contributed by atoms with Crippen molar-refractivity contribution < 1.29 is 23.9 Å². The number of benzene rings is 2. The predicted molar refractivity (Wildman–Crippen MR) is 134 cm³/mol. The van der Waals surface area contributed by atoms with Gasteiger partial charge in [0.1, 0.15) is 5.60 Å². The number of ether oxygens (including phenoxy) is 2. The second-order valence-corrected chi connectivity index (χ2v) is 8.59. The Labute approximate surface area is 204 Å². The van der Waals surface area contributed by atoms with Gasteiger partial charge in [0.2, 0.25) is 0 Å². The molecule has 0 atom stereocenters. The fourth-order valence-corrected chi connectivity index (χ4v) is 3.14. The molecule has 3 amide bonds. The number of carbonyl (C=O) groups is 3. The Bertz CT molecular complexity index is 1170. The first kappa shape index (κ1) is 25.2. The highest BCUT2D eigenvalue weighted by atomic mass is 16.6. The molecule has 0 spiro atoms. The van der Waals surface area contributed by atoms with Crippen LogP contribution in [-0.2, 0) is 16.0 Å². The molecule has 0 saturated carbocycles. The van der Waals surface area contributed by atoms with Crippen molar-refractivity contribution >= 4 is 35.2 Å². The van der Waals surface area contributed by atoms with Crippen molar-refractivity contribution in [3.05, 3.63) is 84.2 Å². The number of nitrogens with one attached hydrogen (secondary N) is 2. The number of rotatable bonds is 6. The van der Waals surface area contributed by atoms with Crippen LogP contribution in [0.1, 0.15) is 36.7 Å². The van der Waals surface area contributed by atoms with Gasteiger partial charge in [-0.25, -0.2) is 9.59 Å². The second-order valence-electron chi connectivity index (χ2n) is 8.59. The molecule has 0 aliphatic carbocycles. The molecule has 0 unspecified atom stereocenters. The maximum atomic E-state index is 12.8. The van der Waals surface area contributed by atoms with E-state index >= 15 is 0 Å². The summed E-state index contributed by atoms with van der Waals surface area (Å²) in [6.07, 6.45) is 2.05. The SMILES string of the molecule is COC(=O)N(Cc1ccc(C(=O)Nc2ccccc2NC(=O)OC(C)(C)C)cc1)c1cccnc1. The fraction of sp³-hybridized carbons (Fsp3) is 0.231. The summed E-state index contributed by atoms with van der Waals surface area (Å²) in [5.41, 5.74) is 1.99. The first-order valence-corrected chi connectivity index (χ1v) is 10.9. The lowest BCUT2D eigenvalue weighted by atomic mass is 10.1. The molecule has 0 radical (unpaired) electrons. The number of carbonyl (C=O) groups excluding carboxylic acids is 3. The van der Waals surface area contributed by atoms with Gasteiger partial charge in [0, 0.05) is 11.8 Å². The van der Waals surface area contributed by atoms with Crippen molar-refractivity contribution in [3.63, 3.8) is 0 Å². The zero-order valence-corrected chi connectivity index (χ0v) is 20.1. The molecule has 0 fully saturated rings. The summed E-state index contributed by atoms with van der Waals surface area (Å²) < 4.78 is 10.2. The molecule has 0 saturated heterocycles. The lowest BCUT2D eigenvalue weighted by Crippen LogP contribution is -2.30. The molecule has 0 bridgehead atoms. The highest BCUT2D eigenvalue weighted by Gasteiger charge is 2.19. The van der Waals surface area contributed by atoms with E-state index in [4.69, 9.17) is 9.47 Å². The predicted octanol–water partition coefficient (Wildman–Crippen LogP) is 5.45. The van der Waals surface area contributed by atoms with E-state index in [0.29, 0.717) is 22.6 Å². The lowest BCUT2D eigenvalue weighted by molar-refractivity contribution is 0.0635. The zero-order chi connectivity index (χ0) is 25.4. The summed E-state index contributed by atoms with van der Waals surface area (Å²) in [4.78, 5) is 42.7. The van der Waals surface area contributed by atoms with Crippen LogP contribution < -0.4 is 15.5 Å². The van der Waals surface area contributed by atoms with Crippen molar-refractivity contribution in [3.8, 4) is 0 Å². The van der Waals surface area contributed by atoms with Gasteiger partial charge in [0.05, 0.1) is 36.9 Å². The Hall–Kier alpha value is -4.40. The van der Waals surface area contributed by atoms with Crippen LogP contribution in [0.25, 0.3) is 0 Å². The van der Waals surface area contributed by atoms with Crippen LogP contribution >= 0.6 is 0 Å². The first-order valence-electron chi connectivity index (χ1n) is 10.9. The van der Waals surface area contributed by atoms with Gasteiger partial charge in [-0.15, -0.1) is 0 Å². The number of pyridine rings is 1. The highest BCUT2D eigenvalue weighted by Crippen LogP contribution is 2.23. The fourth-order valence-electron chi connectivity index (χ4n) is 3.14. The van der Waals surface area contributed by atoms with Crippen LogP contribution in [0.5, 0.6) is 0 Å². The Morgan fingerprint density at radius 3 is 2.14 bits per heavy atom. The molecule has 182 valence electrons. The number of anilines is 3. The number of amides is 3. The second kappa shape index (κ2) is 11.1. The van der Waals surface area contributed by atoms with E-state index in [9.17, 15) is 14.4 Å². The van der Waals surface area contributed by atoms with Crippen LogP contribution in [0, 0.1) is 0 Å². The van der Waals surface area contributed by atoms with Crippen LogP contribution in [0.3, 0.4) is 0 Å². The first-order chi connectivity index (χ1) is 16.7. The van der Waals surface area contributed by atoms with Gasteiger partial charge in [-0.2, -0.15) is 0 Å². The monoisotopic (exact) mass is 476 g/mol. The minimum absolute atomic E-state index is 0.239. The molecule has 35 heavy (non-hydrogen) atoms. The van der Waals surface area contributed by atoms with Gasteiger partial charge in [-0.3, -0.25) is 20.0 Å². The van der Waals surface area contributed by atoms with Gasteiger partial charge >= 0.3 is 12.2 Å². The molecule has 0 aliphatic heterocycles. The summed E-state index contributed by atoms with van der Waals surface area (Å²) >= 11 is 0. The molecule has 1 aromatic heterocycles. The molecule has 3 rings (SSSR count). The van der Waals surface area contributed by atoms with E-state index in [2.05, 4.69) is 15.6 Å². The quantitative estimate of drug-likeness (QED) is 0.489. The smallest absolute Gasteiger partial charge is 0.414 e. The normalized spacial score (nSPS) is 10.7. The number of hydrogen-bond acceptors (Lipinski definition) is 6. The van der Waals surface area contributed by atoms with Crippen molar-refractivity contribution in [2.45, 2.75) is 32.9 Å². The third-order valence-electron chi connectivity index (χ3n) is 4.72. The van der Waals surface area contributed by atoms with Gasteiger partial charge < -0.3 is 14.8 Å². The van der Waals surface area contributed by atoms with Crippen LogP contribution in [-0.4, -0.2) is 35.8 Å². The van der Waals surface area contributed by atoms with Gasteiger partial charge in [0.15, 0.2) is 0 Å². The summed E-state index contributed by atoms with van der Waals surface area (Å²) in [6, 6.07) is 17.2. The van der Waals surface area contributed by atoms with Crippen molar-refractivity contribution in [2.75, 3.05) is 22.6 Å². The molecule has 2 aromatic carbocycles. The number of nitrogens with zero attached hydrogens (tertiary/aromatic N) is 2. The average molecular weight is 477 g/mol. The van der Waals surface area contributed by atoms with Crippen LogP contribution in [0.2, 0.25) is 0 Å².